The molecule has 0 aliphatic heterocycles. The average molecular weight is 302 g/mol. The third-order valence-corrected chi connectivity index (χ3v) is 3.25. The van der Waals surface area contributed by atoms with Gasteiger partial charge in [0.15, 0.2) is 0 Å². The SMILES string of the molecule is C=CCNc1nc(Nc2ccccc2)cc(-c2ccccc2)n1. The van der Waals surface area contributed by atoms with E-state index in [9.17, 15) is 0 Å². The maximum atomic E-state index is 4.57. The van der Waals surface area contributed by atoms with Gasteiger partial charge in [-0.3, -0.25) is 0 Å². The highest BCUT2D eigenvalue weighted by Crippen LogP contribution is 2.23. The lowest BCUT2D eigenvalue weighted by Crippen LogP contribution is -2.06. The fraction of sp³-hybridized carbons (Fsp3) is 0.0526. The molecule has 0 spiro atoms. The van der Waals surface area contributed by atoms with Crippen LogP contribution in [-0.2, 0) is 0 Å². The van der Waals surface area contributed by atoms with Crippen molar-refractivity contribution >= 4 is 17.5 Å². The first-order chi connectivity index (χ1) is 11.3. The molecule has 0 saturated carbocycles. The number of nitrogens with one attached hydrogen (secondary N) is 2. The Bertz CT molecular complexity index is 770. The summed E-state index contributed by atoms with van der Waals surface area (Å²) in [5.41, 5.74) is 2.90. The molecule has 23 heavy (non-hydrogen) atoms. The number of benzene rings is 2. The minimum atomic E-state index is 0.574. The number of hydrogen-bond acceptors (Lipinski definition) is 4. The Morgan fingerprint density at radius 2 is 1.61 bits per heavy atom. The smallest absolute Gasteiger partial charge is 0.225 e. The summed E-state index contributed by atoms with van der Waals surface area (Å²) in [6.07, 6.45) is 1.78. The number of hydrogen-bond donors (Lipinski definition) is 2. The van der Waals surface area contributed by atoms with Crippen LogP contribution in [0.4, 0.5) is 17.5 Å². The summed E-state index contributed by atoms with van der Waals surface area (Å²) >= 11 is 0. The van der Waals surface area contributed by atoms with Crippen molar-refractivity contribution in [3.63, 3.8) is 0 Å². The largest absolute Gasteiger partial charge is 0.351 e. The van der Waals surface area contributed by atoms with Crippen molar-refractivity contribution < 1.29 is 0 Å². The van der Waals surface area contributed by atoms with Gasteiger partial charge in [-0.2, -0.15) is 4.98 Å². The molecule has 2 aromatic carbocycles. The van der Waals surface area contributed by atoms with E-state index in [-0.39, 0.29) is 0 Å². The molecule has 114 valence electrons. The minimum Gasteiger partial charge on any atom is -0.351 e. The van der Waals surface area contributed by atoms with E-state index in [2.05, 4.69) is 27.2 Å². The van der Waals surface area contributed by atoms with Gasteiger partial charge >= 0.3 is 0 Å². The van der Waals surface area contributed by atoms with Crippen LogP contribution in [0.1, 0.15) is 0 Å². The molecule has 4 nitrogen and oxygen atoms in total. The first kappa shape index (κ1) is 14.8. The summed E-state index contributed by atoms with van der Waals surface area (Å²) in [6.45, 7) is 4.33. The molecule has 1 aromatic heterocycles. The predicted octanol–water partition coefficient (Wildman–Crippen LogP) is 4.49. The van der Waals surface area contributed by atoms with Gasteiger partial charge in [0.1, 0.15) is 5.82 Å². The molecular formula is C19H18N4. The van der Waals surface area contributed by atoms with E-state index in [1.165, 1.54) is 0 Å². The molecule has 3 aromatic rings. The fourth-order valence-corrected chi connectivity index (χ4v) is 2.18. The monoisotopic (exact) mass is 302 g/mol. The molecule has 4 heteroatoms. The van der Waals surface area contributed by atoms with Crippen LogP contribution in [0.5, 0.6) is 0 Å². The van der Waals surface area contributed by atoms with E-state index in [0.29, 0.717) is 12.5 Å². The summed E-state index contributed by atoms with van der Waals surface area (Å²) in [5, 5.41) is 6.46. The number of anilines is 3. The Balaban J connectivity index is 1.96. The minimum absolute atomic E-state index is 0.574. The lowest BCUT2D eigenvalue weighted by atomic mass is 10.1. The first-order valence-electron chi connectivity index (χ1n) is 7.46. The summed E-state index contributed by atoms with van der Waals surface area (Å²) in [5.74, 6) is 1.32. The first-order valence-corrected chi connectivity index (χ1v) is 7.46. The Labute approximate surface area is 135 Å². The zero-order chi connectivity index (χ0) is 15.9. The summed E-state index contributed by atoms with van der Waals surface area (Å²) in [6, 6.07) is 22.0. The molecule has 0 saturated heterocycles. The van der Waals surface area contributed by atoms with Gasteiger partial charge in [-0.1, -0.05) is 54.6 Å². The Hall–Kier alpha value is -3.14. The molecule has 0 aliphatic carbocycles. The van der Waals surface area contributed by atoms with E-state index in [4.69, 9.17) is 0 Å². The van der Waals surface area contributed by atoms with Crippen LogP contribution < -0.4 is 10.6 Å². The summed E-state index contributed by atoms with van der Waals surface area (Å²) in [7, 11) is 0. The zero-order valence-corrected chi connectivity index (χ0v) is 12.7. The van der Waals surface area contributed by atoms with Crippen LogP contribution >= 0.6 is 0 Å². The second-order valence-corrected chi connectivity index (χ2v) is 4.99. The highest BCUT2D eigenvalue weighted by atomic mass is 15.1. The van der Waals surface area contributed by atoms with Gasteiger partial charge in [0.25, 0.3) is 0 Å². The van der Waals surface area contributed by atoms with Gasteiger partial charge in [-0.15, -0.1) is 6.58 Å². The van der Waals surface area contributed by atoms with Gasteiger partial charge in [0.05, 0.1) is 5.69 Å². The second kappa shape index (κ2) is 7.22. The topological polar surface area (TPSA) is 49.8 Å². The molecule has 1 heterocycles. The third kappa shape index (κ3) is 3.95. The van der Waals surface area contributed by atoms with E-state index >= 15 is 0 Å². The highest BCUT2D eigenvalue weighted by molar-refractivity contribution is 5.67. The molecule has 0 radical (unpaired) electrons. The molecule has 0 bridgehead atoms. The van der Waals surface area contributed by atoms with Crippen molar-refractivity contribution in [1.82, 2.24) is 9.97 Å². The van der Waals surface area contributed by atoms with Crippen LogP contribution in [0, 0.1) is 0 Å². The Morgan fingerprint density at radius 3 is 2.30 bits per heavy atom. The molecule has 0 amide bonds. The summed E-state index contributed by atoms with van der Waals surface area (Å²) < 4.78 is 0. The number of nitrogens with zero attached hydrogens (tertiary/aromatic N) is 2. The normalized spacial score (nSPS) is 10.1. The van der Waals surface area contributed by atoms with Gasteiger partial charge in [0, 0.05) is 23.9 Å². The standard InChI is InChI=1S/C19H18N4/c1-2-13-20-19-22-17(15-9-5-3-6-10-15)14-18(23-19)21-16-11-7-4-8-12-16/h2-12,14H,1,13H2,(H2,20,21,22,23). The van der Waals surface area contributed by atoms with Crippen LogP contribution in [0.3, 0.4) is 0 Å². The molecule has 0 atom stereocenters. The highest BCUT2D eigenvalue weighted by Gasteiger charge is 2.06. The van der Waals surface area contributed by atoms with Gasteiger partial charge in [0.2, 0.25) is 5.95 Å². The molecule has 0 unspecified atom stereocenters. The Kier molecular flexibility index (Phi) is 4.64. The van der Waals surface area contributed by atoms with E-state index < -0.39 is 0 Å². The van der Waals surface area contributed by atoms with Crippen LogP contribution in [-0.4, -0.2) is 16.5 Å². The second-order valence-electron chi connectivity index (χ2n) is 4.99. The number of aromatic nitrogens is 2. The quantitative estimate of drug-likeness (QED) is 0.659. The number of para-hydroxylation sites is 1. The van der Waals surface area contributed by atoms with Gasteiger partial charge < -0.3 is 10.6 Å². The van der Waals surface area contributed by atoms with Crippen molar-refractivity contribution in [3.8, 4) is 11.3 Å². The van der Waals surface area contributed by atoms with Crippen LogP contribution in [0.25, 0.3) is 11.3 Å². The van der Waals surface area contributed by atoms with E-state index in [1.54, 1.807) is 6.08 Å². The lowest BCUT2D eigenvalue weighted by Gasteiger charge is -2.11. The summed E-state index contributed by atoms with van der Waals surface area (Å²) in [4.78, 5) is 9.08. The molecular weight excluding hydrogens is 284 g/mol. The lowest BCUT2D eigenvalue weighted by molar-refractivity contribution is 1.12. The van der Waals surface area contributed by atoms with Crippen molar-refractivity contribution in [2.45, 2.75) is 0 Å². The Morgan fingerprint density at radius 1 is 0.913 bits per heavy atom. The van der Waals surface area contributed by atoms with Gasteiger partial charge in [-0.05, 0) is 12.1 Å². The van der Waals surface area contributed by atoms with E-state index in [1.807, 2.05) is 66.7 Å². The average Bonchev–Trinajstić information content (AvgIpc) is 2.61. The van der Waals surface area contributed by atoms with Crippen molar-refractivity contribution in [1.29, 1.82) is 0 Å². The maximum absolute atomic E-state index is 4.57. The van der Waals surface area contributed by atoms with Crippen molar-refractivity contribution in [2.75, 3.05) is 17.2 Å². The van der Waals surface area contributed by atoms with Gasteiger partial charge in [-0.25, -0.2) is 4.98 Å². The molecule has 2 N–H and O–H groups in total. The van der Waals surface area contributed by atoms with Crippen molar-refractivity contribution in [3.05, 3.63) is 79.4 Å². The number of rotatable bonds is 6. The molecule has 3 rings (SSSR count). The van der Waals surface area contributed by atoms with Crippen LogP contribution in [0.2, 0.25) is 0 Å². The molecule has 0 aliphatic rings. The zero-order valence-electron chi connectivity index (χ0n) is 12.7. The molecule has 0 fully saturated rings. The van der Waals surface area contributed by atoms with Crippen molar-refractivity contribution in [2.24, 2.45) is 0 Å². The predicted molar refractivity (Wildman–Crippen MR) is 95.9 cm³/mol. The third-order valence-electron chi connectivity index (χ3n) is 3.25. The maximum Gasteiger partial charge on any atom is 0.225 e. The van der Waals surface area contributed by atoms with E-state index in [0.717, 1.165) is 22.8 Å². The fourth-order valence-electron chi connectivity index (χ4n) is 2.18. The van der Waals surface area contributed by atoms with Crippen LogP contribution in [0.15, 0.2) is 79.4 Å².